The minimum Gasteiger partial charge on any atom is -0.376 e. The standard InChI is InChI=1S/C19H20N4O2S2/c1-12-15-10-16(17(24)21-19(26)20-11-14-8-5-9-25-14)27-18(15)23(22-12)13-6-3-2-4-7-13/h2-4,6-7,10,14H,5,8-9,11H2,1H3,(H2,20,21,24,26). The summed E-state index contributed by atoms with van der Waals surface area (Å²) in [4.78, 5) is 14.1. The fourth-order valence-corrected chi connectivity index (χ4v) is 4.38. The molecule has 1 aromatic carbocycles. The van der Waals surface area contributed by atoms with E-state index in [1.165, 1.54) is 11.3 Å². The third-order valence-corrected chi connectivity index (χ3v) is 5.87. The molecule has 27 heavy (non-hydrogen) atoms. The maximum Gasteiger partial charge on any atom is 0.267 e. The lowest BCUT2D eigenvalue weighted by atomic mass is 10.2. The van der Waals surface area contributed by atoms with Gasteiger partial charge in [0.05, 0.1) is 22.4 Å². The van der Waals surface area contributed by atoms with E-state index in [1.807, 2.05) is 48.0 Å². The molecule has 3 aromatic rings. The van der Waals surface area contributed by atoms with E-state index in [-0.39, 0.29) is 12.0 Å². The van der Waals surface area contributed by atoms with Crippen molar-refractivity contribution < 1.29 is 9.53 Å². The van der Waals surface area contributed by atoms with E-state index in [2.05, 4.69) is 15.7 Å². The van der Waals surface area contributed by atoms with Crippen molar-refractivity contribution in [3.8, 4) is 5.69 Å². The van der Waals surface area contributed by atoms with Crippen molar-refractivity contribution >= 4 is 44.8 Å². The zero-order chi connectivity index (χ0) is 18.8. The number of benzene rings is 1. The summed E-state index contributed by atoms with van der Waals surface area (Å²) in [6, 6.07) is 11.8. The number of para-hydroxylation sites is 1. The van der Waals surface area contributed by atoms with E-state index in [0.717, 1.165) is 41.0 Å². The number of hydrogen-bond donors (Lipinski definition) is 2. The summed E-state index contributed by atoms with van der Waals surface area (Å²) in [5.74, 6) is -0.208. The first-order chi connectivity index (χ1) is 13.1. The van der Waals surface area contributed by atoms with Crippen molar-refractivity contribution in [1.29, 1.82) is 0 Å². The van der Waals surface area contributed by atoms with Gasteiger partial charge in [-0.25, -0.2) is 4.68 Å². The number of carbonyl (C=O) groups excluding carboxylic acids is 1. The van der Waals surface area contributed by atoms with Crippen LogP contribution < -0.4 is 10.6 Å². The van der Waals surface area contributed by atoms with Gasteiger partial charge in [0.15, 0.2) is 5.11 Å². The Morgan fingerprint density at radius 3 is 2.96 bits per heavy atom. The molecule has 1 aliphatic rings. The topological polar surface area (TPSA) is 68.2 Å². The number of aromatic nitrogens is 2. The van der Waals surface area contributed by atoms with Gasteiger partial charge in [-0.1, -0.05) is 18.2 Å². The van der Waals surface area contributed by atoms with Gasteiger partial charge >= 0.3 is 0 Å². The molecule has 0 spiro atoms. The molecule has 8 heteroatoms. The predicted octanol–water partition coefficient (Wildman–Crippen LogP) is 3.18. The van der Waals surface area contributed by atoms with Crippen LogP contribution in [0.25, 0.3) is 15.9 Å². The number of ether oxygens (including phenoxy) is 1. The monoisotopic (exact) mass is 400 g/mol. The van der Waals surface area contributed by atoms with Crippen molar-refractivity contribution in [2.75, 3.05) is 13.2 Å². The number of fused-ring (bicyclic) bond motifs is 1. The first-order valence-corrected chi connectivity index (χ1v) is 10.1. The SMILES string of the molecule is Cc1nn(-c2ccccc2)c2sc(C(=O)NC(=S)NCC3CCCO3)cc12. The summed E-state index contributed by atoms with van der Waals surface area (Å²) in [6.45, 7) is 3.36. The number of aryl methyl sites for hydroxylation is 1. The van der Waals surface area contributed by atoms with Crippen LogP contribution in [0.5, 0.6) is 0 Å². The van der Waals surface area contributed by atoms with Gasteiger partial charge in [0.1, 0.15) is 4.83 Å². The maximum atomic E-state index is 12.6. The highest BCUT2D eigenvalue weighted by Crippen LogP contribution is 2.30. The van der Waals surface area contributed by atoms with E-state index < -0.39 is 0 Å². The summed E-state index contributed by atoms with van der Waals surface area (Å²) in [5, 5.41) is 11.7. The van der Waals surface area contributed by atoms with Gasteiger partial charge in [-0.2, -0.15) is 5.10 Å². The Balaban J connectivity index is 1.48. The Bertz CT molecular complexity index is 974. The third kappa shape index (κ3) is 3.87. The summed E-state index contributed by atoms with van der Waals surface area (Å²) >= 11 is 6.65. The minimum atomic E-state index is -0.208. The molecular formula is C19H20N4O2S2. The average Bonchev–Trinajstić information content (AvgIpc) is 3.39. The van der Waals surface area contributed by atoms with Gasteiger partial charge in [-0.3, -0.25) is 10.1 Å². The molecule has 1 atom stereocenters. The van der Waals surface area contributed by atoms with Crippen LogP contribution in [0.1, 0.15) is 28.2 Å². The molecule has 4 rings (SSSR count). The fraction of sp³-hybridized carbons (Fsp3) is 0.316. The molecule has 3 heterocycles. The van der Waals surface area contributed by atoms with Crippen molar-refractivity contribution in [2.24, 2.45) is 0 Å². The second kappa shape index (κ2) is 7.75. The van der Waals surface area contributed by atoms with Gasteiger partial charge in [-0.05, 0) is 50.2 Å². The molecule has 0 aliphatic carbocycles. The molecule has 6 nitrogen and oxygen atoms in total. The van der Waals surface area contributed by atoms with Crippen LogP contribution in [-0.4, -0.2) is 40.1 Å². The Morgan fingerprint density at radius 2 is 2.22 bits per heavy atom. The smallest absolute Gasteiger partial charge is 0.267 e. The van der Waals surface area contributed by atoms with Crippen LogP contribution in [0, 0.1) is 6.92 Å². The van der Waals surface area contributed by atoms with E-state index in [4.69, 9.17) is 17.0 Å². The normalized spacial score (nSPS) is 16.6. The Labute approximate surface area is 166 Å². The highest BCUT2D eigenvalue weighted by Gasteiger charge is 2.19. The van der Waals surface area contributed by atoms with Crippen molar-refractivity contribution in [2.45, 2.75) is 25.9 Å². The number of nitrogens with zero attached hydrogens (tertiary/aromatic N) is 2. The zero-order valence-corrected chi connectivity index (χ0v) is 16.5. The van der Waals surface area contributed by atoms with Gasteiger partial charge < -0.3 is 10.1 Å². The number of thiophene rings is 1. The molecule has 1 aliphatic heterocycles. The highest BCUT2D eigenvalue weighted by molar-refractivity contribution is 7.80. The van der Waals surface area contributed by atoms with Crippen LogP contribution in [0.2, 0.25) is 0 Å². The lowest BCUT2D eigenvalue weighted by Crippen LogP contribution is -2.42. The molecule has 2 aromatic heterocycles. The second-order valence-electron chi connectivity index (χ2n) is 6.46. The first kappa shape index (κ1) is 18.1. The first-order valence-electron chi connectivity index (χ1n) is 8.87. The summed E-state index contributed by atoms with van der Waals surface area (Å²) in [5.41, 5.74) is 1.86. The molecule has 2 N–H and O–H groups in total. The van der Waals surface area contributed by atoms with Crippen molar-refractivity contribution in [3.05, 3.63) is 47.0 Å². The maximum absolute atomic E-state index is 12.6. The highest BCUT2D eigenvalue weighted by atomic mass is 32.1. The molecule has 0 bridgehead atoms. The molecule has 1 saturated heterocycles. The second-order valence-corrected chi connectivity index (χ2v) is 7.90. The molecular weight excluding hydrogens is 380 g/mol. The number of rotatable bonds is 4. The third-order valence-electron chi connectivity index (χ3n) is 4.51. The quantitative estimate of drug-likeness (QED) is 0.659. The van der Waals surface area contributed by atoms with E-state index in [0.29, 0.717) is 16.5 Å². The van der Waals surface area contributed by atoms with Crippen LogP contribution in [0.15, 0.2) is 36.4 Å². The number of carbonyl (C=O) groups is 1. The van der Waals surface area contributed by atoms with Gasteiger partial charge in [-0.15, -0.1) is 11.3 Å². The number of hydrogen-bond acceptors (Lipinski definition) is 5. The largest absolute Gasteiger partial charge is 0.376 e. The molecule has 1 amide bonds. The Hall–Kier alpha value is -2.29. The van der Waals surface area contributed by atoms with Crippen LogP contribution in [-0.2, 0) is 4.74 Å². The zero-order valence-electron chi connectivity index (χ0n) is 14.9. The molecule has 0 radical (unpaired) electrons. The Morgan fingerprint density at radius 1 is 1.41 bits per heavy atom. The van der Waals surface area contributed by atoms with Gasteiger partial charge in [0, 0.05) is 18.5 Å². The van der Waals surface area contributed by atoms with Crippen molar-refractivity contribution in [1.82, 2.24) is 20.4 Å². The van der Waals surface area contributed by atoms with Crippen LogP contribution >= 0.6 is 23.6 Å². The van der Waals surface area contributed by atoms with Gasteiger partial charge in [0.25, 0.3) is 5.91 Å². The minimum absolute atomic E-state index is 0.170. The van der Waals surface area contributed by atoms with E-state index in [9.17, 15) is 4.79 Å². The molecule has 1 fully saturated rings. The predicted molar refractivity (Wildman–Crippen MR) is 111 cm³/mol. The van der Waals surface area contributed by atoms with E-state index in [1.54, 1.807) is 0 Å². The number of nitrogens with one attached hydrogen (secondary N) is 2. The molecule has 0 saturated carbocycles. The summed E-state index contributed by atoms with van der Waals surface area (Å²) in [7, 11) is 0. The van der Waals surface area contributed by atoms with Gasteiger partial charge in [0.2, 0.25) is 0 Å². The molecule has 1 unspecified atom stereocenters. The van der Waals surface area contributed by atoms with Crippen LogP contribution in [0.4, 0.5) is 0 Å². The number of thiocarbonyl (C=S) groups is 1. The van der Waals surface area contributed by atoms with Crippen LogP contribution in [0.3, 0.4) is 0 Å². The average molecular weight is 401 g/mol. The Kier molecular flexibility index (Phi) is 5.20. The van der Waals surface area contributed by atoms with E-state index >= 15 is 0 Å². The summed E-state index contributed by atoms with van der Waals surface area (Å²) < 4.78 is 7.42. The number of amides is 1. The summed E-state index contributed by atoms with van der Waals surface area (Å²) in [6.07, 6.45) is 2.27. The molecule has 140 valence electrons. The van der Waals surface area contributed by atoms with Crippen molar-refractivity contribution in [3.63, 3.8) is 0 Å². The lowest BCUT2D eigenvalue weighted by Gasteiger charge is -2.12. The fourth-order valence-electron chi connectivity index (χ4n) is 3.12. The lowest BCUT2D eigenvalue weighted by molar-refractivity contribution is 0.0977.